The summed E-state index contributed by atoms with van der Waals surface area (Å²) in [6.45, 7) is 7.70. The largest absolute Gasteiger partial charge is 0.444 e. The second-order valence-corrected chi connectivity index (χ2v) is 8.86. The molecule has 2 fully saturated rings. The van der Waals surface area contributed by atoms with E-state index in [0.29, 0.717) is 32.4 Å². The van der Waals surface area contributed by atoms with Crippen molar-refractivity contribution in [1.82, 2.24) is 14.9 Å². The number of hydrogen-bond donors (Lipinski definition) is 0. The van der Waals surface area contributed by atoms with Crippen LogP contribution in [0.15, 0.2) is 6.20 Å². The number of piperidine rings is 1. The van der Waals surface area contributed by atoms with Gasteiger partial charge in [-0.3, -0.25) is 0 Å². The molecule has 156 valence electrons. The van der Waals surface area contributed by atoms with Crippen molar-refractivity contribution in [3.63, 3.8) is 0 Å². The highest BCUT2D eigenvalue weighted by Gasteiger charge is 2.43. The van der Waals surface area contributed by atoms with Gasteiger partial charge in [0.15, 0.2) is 16.7 Å². The van der Waals surface area contributed by atoms with Crippen LogP contribution in [0.3, 0.4) is 0 Å². The van der Waals surface area contributed by atoms with Gasteiger partial charge in [-0.2, -0.15) is 13.2 Å². The first kappa shape index (κ1) is 21.0. The maximum atomic E-state index is 13.0. The van der Waals surface area contributed by atoms with Crippen molar-refractivity contribution in [2.24, 2.45) is 5.41 Å². The molecule has 1 aromatic heterocycles. The first-order chi connectivity index (χ1) is 12.9. The highest BCUT2D eigenvalue weighted by Crippen LogP contribution is 2.43. The number of carbonyl (C=O) groups excluding carboxylic acids is 1. The molecule has 0 N–H and O–H groups in total. The van der Waals surface area contributed by atoms with E-state index < -0.39 is 17.5 Å². The number of aromatic nitrogens is 2. The van der Waals surface area contributed by atoms with Crippen LogP contribution in [0.5, 0.6) is 0 Å². The zero-order chi connectivity index (χ0) is 20.7. The second-order valence-electron chi connectivity index (χ2n) is 8.51. The third-order valence-electron chi connectivity index (χ3n) is 5.22. The summed E-state index contributed by atoms with van der Waals surface area (Å²) in [6, 6.07) is 0. The molecule has 0 aliphatic carbocycles. The zero-order valence-electron chi connectivity index (χ0n) is 16.1. The summed E-state index contributed by atoms with van der Waals surface area (Å²) in [7, 11) is 0. The summed E-state index contributed by atoms with van der Waals surface area (Å²) in [4.78, 5) is 23.1. The maximum Gasteiger partial charge on any atom is 0.434 e. The lowest BCUT2D eigenvalue weighted by Crippen LogP contribution is -2.46. The monoisotopic (exact) mass is 420 g/mol. The lowest BCUT2D eigenvalue weighted by atomic mass is 9.78. The van der Waals surface area contributed by atoms with Gasteiger partial charge in [0.2, 0.25) is 0 Å². The number of hydrogen-bond acceptors (Lipinski definition) is 5. The summed E-state index contributed by atoms with van der Waals surface area (Å²) >= 11 is 6.03. The van der Waals surface area contributed by atoms with E-state index in [1.807, 2.05) is 20.8 Å². The van der Waals surface area contributed by atoms with Gasteiger partial charge in [-0.25, -0.2) is 14.8 Å². The summed E-state index contributed by atoms with van der Waals surface area (Å²) < 4.78 is 44.3. The fourth-order valence-electron chi connectivity index (χ4n) is 3.72. The molecule has 2 aliphatic heterocycles. The zero-order valence-corrected chi connectivity index (χ0v) is 16.9. The molecular formula is C18H24ClF3N4O2. The first-order valence-electron chi connectivity index (χ1n) is 9.21. The van der Waals surface area contributed by atoms with E-state index in [2.05, 4.69) is 9.97 Å². The Hall–Kier alpha value is -1.77. The number of nitrogens with zero attached hydrogens (tertiary/aromatic N) is 4. The predicted molar refractivity (Wildman–Crippen MR) is 98.3 cm³/mol. The van der Waals surface area contributed by atoms with Crippen LogP contribution in [-0.2, 0) is 10.9 Å². The Balaban J connectivity index is 1.66. The number of carbonyl (C=O) groups is 1. The molecule has 3 rings (SSSR count). The predicted octanol–water partition coefficient (Wildman–Crippen LogP) is 4.38. The van der Waals surface area contributed by atoms with Crippen molar-refractivity contribution < 1.29 is 22.7 Å². The smallest absolute Gasteiger partial charge is 0.434 e. The Morgan fingerprint density at radius 3 is 2.36 bits per heavy atom. The number of ether oxygens (including phenoxy) is 1. The van der Waals surface area contributed by atoms with Crippen LogP contribution >= 0.6 is 11.6 Å². The summed E-state index contributed by atoms with van der Waals surface area (Å²) in [5.41, 5.74) is -1.67. The standard InChI is InChI=1S/C18H24ClF3N4O2/c1-16(2,3)28-15(27)25-7-4-17(5-8-25)6-9-26(11-17)14-13(19)23-10-12(24-14)18(20,21)22/h10H,4-9,11H2,1-3H3. The molecule has 10 heteroatoms. The average molecular weight is 421 g/mol. The molecule has 28 heavy (non-hydrogen) atoms. The van der Waals surface area contributed by atoms with Crippen molar-refractivity contribution in [2.75, 3.05) is 31.1 Å². The van der Waals surface area contributed by atoms with Crippen molar-refractivity contribution in [3.8, 4) is 0 Å². The van der Waals surface area contributed by atoms with Gasteiger partial charge in [0.1, 0.15) is 5.60 Å². The molecule has 1 aromatic rings. The Morgan fingerprint density at radius 1 is 1.18 bits per heavy atom. The molecule has 0 atom stereocenters. The summed E-state index contributed by atoms with van der Waals surface area (Å²) in [5.74, 6) is 0.0722. The van der Waals surface area contributed by atoms with E-state index in [1.54, 1.807) is 9.80 Å². The number of likely N-dealkylation sites (tertiary alicyclic amines) is 1. The van der Waals surface area contributed by atoms with Crippen LogP contribution in [0.4, 0.5) is 23.8 Å². The van der Waals surface area contributed by atoms with Gasteiger partial charge in [-0.05, 0) is 45.4 Å². The fraction of sp³-hybridized carbons (Fsp3) is 0.722. The Bertz CT molecular complexity index is 743. The third-order valence-corrected chi connectivity index (χ3v) is 5.48. The molecule has 2 saturated heterocycles. The molecular weight excluding hydrogens is 397 g/mol. The van der Waals surface area contributed by atoms with E-state index in [1.165, 1.54) is 0 Å². The normalized spacial score (nSPS) is 20.0. The SMILES string of the molecule is CC(C)(C)OC(=O)N1CCC2(CC1)CCN(c1nc(C(F)(F)F)cnc1Cl)C2. The number of amides is 1. The molecule has 0 aromatic carbocycles. The molecule has 0 radical (unpaired) electrons. The van der Waals surface area contributed by atoms with Gasteiger partial charge in [-0.15, -0.1) is 0 Å². The quantitative estimate of drug-likeness (QED) is 0.675. The fourth-order valence-corrected chi connectivity index (χ4v) is 3.93. The van der Waals surface area contributed by atoms with E-state index in [9.17, 15) is 18.0 Å². The highest BCUT2D eigenvalue weighted by atomic mass is 35.5. The lowest BCUT2D eigenvalue weighted by molar-refractivity contribution is -0.141. The highest BCUT2D eigenvalue weighted by molar-refractivity contribution is 6.31. The van der Waals surface area contributed by atoms with Crippen LogP contribution in [0.2, 0.25) is 5.15 Å². The Labute approximate surface area is 167 Å². The Kier molecular flexibility index (Phi) is 5.42. The minimum atomic E-state index is -4.57. The van der Waals surface area contributed by atoms with Crippen LogP contribution in [0.25, 0.3) is 0 Å². The van der Waals surface area contributed by atoms with Gasteiger partial charge in [0.05, 0.1) is 6.20 Å². The van der Waals surface area contributed by atoms with E-state index in [0.717, 1.165) is 19.3 Å². The third kappa shape index (κ3) is 4.61. The molecule has 1 spiro atoms. The van der Waals surface area contributed by atoms with Gasteiger partial charge in [0, 0.05) is 26.2 Å². The van der Waals surface area contributed by atoms with E-state index >= 15 is 0 Å². The topological polar surface area (TPSA) is 58.6 Å². The number of alkyl halides is 3. The molecule has 1 amide bonds. The summed E-state index contributed by atoms with van der Waals surface area (Å²) in [5, 5.41) is -0.0313. The second kappa shape index (κ2) is 7.24. The molecule has 3 heterocycles. The number of anilines is 1. The number of rotatable bonds is 1. The molecule has 2 aliphatic rings. The maximum absolute atomic E-state index is 13.0. The van der Waals surface area contributed by atoms with Crippen molar-refractivity contribution >= 4 is 23.5 Å². The van der Waals surface area contributed by atoms with Gasteiger partial charge in [0.25, 0.3) is 0 Å². The van der Waals surface area contributed by atoms with Gasteiger partial charge < -0.3 is 14.5 Å². The van der Waals surface area contributed by atoms with Gasteiger partial charge in [-0.1, -0.05) is 11.6 Å². The molecule has 0 bridgehead atoms. The molecule has 6 nitrogen and oxygen atoms in total. The lowest BCUT2D eigenvalue weighted by Gasteiger charge is -2.39. The van der Waals surface area contributed by atoms with E-state index in [-0.39, 0.29) is 22.5 Å². The van der Waals surface area contributed by atoms with E-state index in [4.69, 9.17) is 16.3 Å². The van der Waals surface area contributed by atoms with Crippen LogP contribution < -0.4 is 4.90 Å². The summed E-state index contributed by atoms with van der Waals surface area (Å²) in [6.07, 6.45) is -1.92. The van der Waals surface area contributed by atoms with Crippen molar-refractivity contribution in [3.05, 3.63) is 17.0 Å². The van der Waals surface area contributed by atoms with Crippen molar-refractivity contribution in [1.29, 1.82) is 0 Å². The minimum Gasteiger partial charge on any atom is -0.444 e. The minimum absolute atomic E-state index is 0.0313. The van der Waals surface area contributed by atoms with Crippen LogP contribution in [-0.4, -0.2) is 52.7 Å². The average Bonchev–Trinajstić information content (AvgIpc) is 2.96. The number of halogens is 4. The van der Waals surface area contributed by atoms with Crippen molar-refractivity contribution in [2.45, 2.75) is 51.8 Å². The molecule has 0 unspecified atom stereocenters. The van der Waals surface area contributed by atoms with Crippen LogP contribution in [0, 0.1) is 5.41 Å². The molecule has 0 saturated carbocycles. The van der Waals surface area contributed by atoms with Gasteiger partial charge >= 0.3 is 12.3 Å². The van der Waals surface area contributed by atoms with Crippen LogP contribution in [0.1, 0.15) is 45.7 Å². The first-order valence-corrected chi connectivity index (χ1v) is 9.59. The Morgan fingerprint density at radius 2 is 1.79 bits per heavy atom.